The van der Waals surface area contributed by atoms with Crippen LogP contribution in [0.15, 0.2) is 36.4 Å². The zero-order valence-electron chi connectivity index (χ0n) is 13.6. The van der Waals surface area contributed by atoms with Crippen LogP contribution in [0.3, 0.4) is 0 Å². The summed E-state index contributed by atoms with van der Waals surface area (Å²) in [6.07, 6.45) is 5.16. The van der Waals surface area contributed by atoms with E-state index in [0.717, 1.165) is 18.2 Å². The molecule has 1 aliphatic carbocycles. The number of benzene rings is 1. The highest BCUT2D eigenvalue weighted by atomic mass is 19.1. The topological polar surface area (TPSA) is 55.1 Å². The molecule has 1 N–H and O–H groups in total. The maximum atomic E-state index is 14.0. The molecule has 0 amide bonds. The van der Waals surface area contributed by atoms with Crippen molar-refractivity contribution in [2.75, 3.05) is 5.32 Å². The molecule has 0 aliphatic heterocycles. The molecule has 6 heteroatoms. The predicted octanol–water partition coefficient (Wildman–Crippen LogP) is 3.92. The summed E-state index contributed by atoms with van der Waals surface area (Å²) in [5, 5.41) is 16.1. The molecule has 24 heavy (non-hydrogen) atoms. The van der Waals surface area contributed by atoms with Crippen LogP contribution >= 0.6 is 0 Å². The Labute approximate surface area is 139 Å². The van der Waals surface area contributed by atoms with Crippen molar-refractivity contribution in [2.45, 2.75) is 38.6 Å². The summed E-state index contributed by atoms with van der Waals surface area (Å²) >= 11 is 0. The van der Waals surface area contributed by atoms with E-state index in [2.05, 4.69) is 27.5 Å². The minimum absolute atomic E-state index is 0.329. The lowest BCUT2D eigenvalue weighted by atomic mass is 10.1. The van der Waals surface area contributed by atoms with Gasteiger partial charge in [-0.1, -0.05) is 25.0 Å². The average molecular weight is 325 g/mol. The normalized spacial score (nSPS) is 15.6. The highest BCUT2D eigenvalue weighted by Gasteiger charge is 2.21. The molecule has 1 aromatic carbocycles. The van der Waals surface area contributed by atoms with E-state index in [1.165, 1.54) is 25.3 Å². The molecule has 2 aromatic heterocycles. The highest BCUT2D eigenvalue weighted by molar-refractivity contribution is 5.60. The third-order valence-electron chi connectivity index (χ3n) is 4.48. The van der Waals surface area contributed by atoms with Crippen molar-refractivity contribution in [1.82, 2.24) is 19.8 Å². The summed E-state index contributed by atoms with van der Waals surface area (Å²) in [5.41, 5.74) is 1.00. The number of nitrogens with one attached hydrogen (secondary N) is 1. The zero-order chi connectivity index (χ0) is 16.5. The van der Waals surface area contributed by atoms with Crippen molar-refractivity contribution in [3.8, 4) is 11.4 Å². The molecule has 4 rings (SSSR count). The van der Waals surface area contributed by atoms with Gasteiger partial charge in [0.1, 0.15) is 11.6 Å². The molecule has 5 nitrogen and oxygen atoms in total. The van der Waals surface area contributed by atoms with Crippen molar-refractivity contribution >= 4 is 11.5 Å². The van der Waals surface area contributed by atoms with Gasteiger partial charge >= 0.3 is 0 Å². The average Bonchev–Trinajstić information content (AvgIpc) is 3.32. The first-order chi connectivity index (χ1) is 11.7. The maximum absolute atomic E-state index is 14.0. The van der Waals surface area contributed by atoms with Crippen molar-refractivity contribution in [3.05, 3.63) is 42.2 Å². The number of anilines is 1. The lowest BCUT2D eigenvalue weighted by Gasteiger charge is -2.14. The van der Waals surface area contributed by atoms with Crippen molar-refractivity contribution < 1.29 is 4.39 Å². The Morgan fingerprint density at radius 1 is 1.21 bits per heavy atom. The summed E-state index contributed by atoms with van der Waals surface area (Å²) in [5.74, 6) is 1.76. The molecule has 0 bridgehead atoms. The first-order valence-corrected chi connectivity index (χ1v) is 8.44. The molecule has 1 saturated carbocycles. The zero-order valence-corrected chi connectivity index (χ0v) is 13.6. The smallest absolute Gasteiger partial charge is 0.188 e. The van der Waals surface area contributed by atoms with Gasteiger partial charge in [-0.25, -0.2) is 4.39 Å². The van der Waals surface area contributed by atoms with Gasteiger partial charge in [0.05, 0.1) is 5.56 Å². The number of hydrogen-bond donors (Lipinski definition) is 1. The van der Waals surface area contributed by atoms with Crippen LogP contribution in [-0.4, -0.2) is 25.9 Å². The SMILES string of the molecule is CC(CCC1CC1)Nc1ccc2nnc(-c3ccccc3F)n2n1. The van der Waals surface area contributed by atoms with Gasteiger partial charge in [0.15, 0.2) is 11.5 Å². The van der Waals surface area contributed by atoms with Crippen LogP contribution in [-0.2, 0) is 0 Å². The summed E-state index contributed by atoms with van der Waals surface area (Å²) in [4.78, 5) is 0. The van der Waals surface area contributed by atoms with Gasteiger partial charge in [-0.15, -0.1) is 15.3 Å². The number of hydrogen-bond acceptors (Lipinski definition) is 4. The molecular weight excluding hydrogens is 305 g/mol. The first-order valence-electron chi connectivity index (χ1n) is 8.44. The van der Waals surface area contributed by atoms with Crippen molar-refractivity contribution in [1.29, 1.82) is 0 Å². The van der Waals surface area contributed by atoms with Crippen LogP contribution in [0.4, 0.5) is 10.2 Å². The number of halogens is 1. The fraction of sp³-hybridized carbons (Fsp3) is 0.389. The Kier molecular flexibility index (Phi) is 3.88. The molecular formula is C18H20FN5. The van der Waals surface area contributed by atoms with Gasteiger partial charge in [0, 0.05) is 6.04 Å². The molecule has 1 aliphatic rings. The molecule has 0 spiro atoms. The second kappa shape index (κ2) is 6.19. The number of aromatic nitrogens is 4. The number of fused-ring (bicyclic) bond motifs is 1. The Hall–Kier alpha value is -2.50. The largest absolute Gasteiger partial charge is 0.366 e. The fourth-order valence-corrected chi connectivity index (χ4v) is 2.89. The van der Waals surface area contributed by atoms with Crippen LogP contribution in [0, 0.1) is 11.7 Å². The minimum Gasteiger partial charge on any atom is -0.366 e. The van der Waals surface area contributed by atoms with Crippen LogP contribution in [0.2, 0.25) is 0 Å². The monoisotopic (exact) mass is 325 g/mol. The minimum atomic E-state index is -0.329. The summed E-state index contributed by atoms with van der Waals surface area (Å²) in [6, 6.07) is 10.6. The molecule has 0 saturated heterocycles. The van der Waals surface area contributed by atoms with E-state index >= 15 is 0 Å². The van der Waals surface area contributed by atoms with Gasteiger partial charge < -0.3 is 5.32 Å². The van der Waals surface area contributed by atoms with Gasteiger partial charge in [0.25, 0.3) is 0 Å². The van der Waals surface area contributed by atoms with Crippen LogP contribution < -0.4 is 5.32 Å². The standard InChI is InChI=1S/C18H20FN5/c1-12(6-7-13-8-9-13)20-16-10-11-17-21-22-18(24(17)23-16)14-4-2-3-5-15(14)19/h2-5,10-13H,6-9H2,1H3,(H,20,23). The summed E-state index contributed by atoms with van der Waals surface area (Å²) < 4.78 is 15.6. The quantitative estimate of drug-likeness (QED) is 0.746. The van der Waals surface area contributed by atoms with E-state index < -0.39 is 0 Å². The van der Waals surface area contributed by atoms with Gasteiger partial charge in [-0.3, -0.25) is 0 Å². The highest BCUT2D eigenvalue weighted by Crippen LogP contribution is 2.34. The molecule has 0 radical (unpaired) electrons. The third-order valence-corrected chi connectivity index (χ3v) is 4.48. The van der Waals surface area contributed by atoms with E-state index in [1.54, 1.807) is 22.7 Å². The Morgan fingerprint density at radius 2 is 2.04 bits per heavy atom. The third kappa shape index (κ3) is 3.09. The summed E-state index contributed by atoms with van der Waals surface area (Å²) in [7, 11) is 0. The number of rotatable bonds is 6. The molecule has 1 fully saturated rings. The van der Waals surface area contributed by atoms with E-state index in [-0.39, 0.29) is 5.82 Å². The van der Waals surface area contributed by atoms with Gasteiger partial charge in [-0.2, -0.15) is 4.52 Å². The van der Waals surface area contributed by atoms with E-state index in [4.69, 9.17) is 0 Å². The lowest BCUT2D eigenvalue weighted by molar-refractivity contribution is 0.607. The first kappa shape index (κ1) is 15.1. The molecule has 1 atom stereocenters. The predicted molar refractivity (Wildman–Crippen MR) is 91.2 cm³/mol. The second-order valence-corrected chi connectivity index (χ2v) is 6.56. The Bertz CT molecular complexity index is 855. The van der Waals surface area contributed by atoms with Crippen LogP contribution in [0.1, 0.15) is 32.6 Å². The maximum Gasteiger partial charge on any atom is 0.188 e. The van der Waals surface area contributed by atoms with E-state index in [9.17, 15) is 4.39 Å². The molecule has 2 heterocycles. The second-order valence-electron chi connectivity index (χ2n) is 6.56. The summed E-state index contributed by atoms with van der Waals surface area (Å²) in [6.45, 7) is 2.16. The van der Waals surface area contributed by atoms with Crippen molar-refractivity contribution in [2.24, 2.45) is 5.92 Å². The molecule has 124 valence electrons. The van der Waals surface area contributed by atoms with E-state index in [1.807, 2.05) is 12.1 Å². The Morgan fingerprint density at radius 3 is 2.83 bits per heavy atom. The number of nitrogens with zero attached hydrogens (tertiary/aromatic N) is 4. The van der Waals surface area contributed by atoms with Crippen LogP contribution in [0.25, 0.3) is 17.0 Å². The van der Waals surface area contributed by atoms with E-state index in [0.29, 0.717) is 23.1 Å². The lowest BCUT2D eigenvalue weighted by Crippen LogP contribution is -2.17. The molecule has 1 unspecified atom stereocenters. The van der Waals surface area contributed by atoms with Gasteiger partial charge in [0.2, 0.25) is 0 Å². The Balaban J connectivity index is 1.59. The van der Waals surface area contributed by atoms with Crippen LogP contribution in [0.5, 0.6) is 0 Å². The fourth-order valence-electron chi connectivity index (χ4n) is 2.89. The van der Waals surface area contributed by atoms with Gasteiger partial charge in [-0.05, 0) is 49.9 Å². The molecule has 3 aromatic rings. The van der Waals surface area contributed by atoms with Crippen molar-refractivity contribution in [3.63, 3.8) is 0 Å².